The number of rotatable bonds is 4. The minimum atomic E-state index is -0.424. The molecule has 0 saturated carbocycles. The van der Waals surface area contributed by atoms with Crippen molar-refractivity contribution in [2.45, 2.75) is 6.92 Å². The molecule has 112 valence electrons. The predicted molar refractivity (Wildman–Crippen MR) is 87.0 cm³/mol. The lowest BCUT2D eigenvalue weighted by Crippen LogP contribution is -2.12. The van der Waals surface area contributed by atoms with Gasteiger partial charge in [-0.1, -0.05) is 15.9 Å². The third kappa shape index (κ3) is 4.82. The van der Waals surface area contributed by atoms with Gasteiger partial charge in [0.25, 0.3) is 0 Å². The van der Waals surface area contributed by atoms with E-state index in [2.05, 4.69) is 26.5 Å². The molecule has 0 saturated heterocycles. The fraction of sp³-hybridized carbons (Fsp3) is 0.0625. The topological polar surface area (TPSA) is 67.8 Å². The Balaban J connectivity index is 1.98. The van der Waals surface area contributed by atoms with Gasteiger partial charge in [0.2, 0.25) is 5.91 Å². The molecule has 5 nitrogen and oxygen atoms in total. The molecule has 0 bridgehead atoms. The number of hydrogen-bond acceptors (Lipinski definition) is 4. The molecular weight excluding hydrogens is 348 g/mol. The molecule has 1 N–H and O–H groups in total. The Kier molecular flexibility index (Phi) is 5.43. The first-order chi connectivity index (χ1) is 10.5. The number of ether oxygens (including phenoxy) is 1. The quantitative estimate of drug-likeness (QED) is 0.394. The van der Waals surface area contributed by atoms with E-state index < -0.39 is 5.97 Å². The Morgan fingerprint density at radius 2 is 1.73 bits per heavy atom. The van der Waals surface area contributed by atoms with Crippen LogP contribution in [0.4, 0.5) is 0 Å². The van der Waals surface area contributed by atoms with Gasteiger partial charge in [0.1, 0.15) is 5.75 Å². The summed E-state index contributed by atoms with van der Waals surface area (Å²) in [6, 6.07) is 13.7. The summed E-state index contributed by atoms with van der Waals surface area (Å²) < 4.78 is 6.16. The maximum Gasteiger partial charge on any atom is 0.343 e. The first-order valence-electron chi connectivity index (χ1n) is 6.42. The van der Waals surface area contributed by atoms with E-state index in [9.17, 15) is 9.59 Å². The zero-order valence-electron chi connectivity index (χ0n) is 11.7. The van der Waals surface area contributed by atoms with Gasteiger partial charge >= 0.3 is 5.97 Å². The molecule has 0 atom stereocenters. The molecule has 1 amide bonds. The van der Waals surface area contributed by atoms with Crippen molar-refractivity contribution in [3.63, 3.8) is 0 Å². The van der Waals surface area contributed by atoms with E-state index >= 15 is 0 Å². The van der Waals surface area contributed by atoms with E-state index in [0.29, 0.717) is 11.3 Å². The van der Waals surface area contributed by atoms with Crippen LogP contribution in [0.3, 0.4) is 0 Å². The van der Waals surface area contributed by atoms with Gasteiger partial charge in [-0.2, -0.15) is 5.10 Å². The number of amides is 1. The first-order valence-corrected chi connectivity index (χ1v) is 7.21. The number of halogens is 1. The molecule has 0 aromatic heterocycles. The SMILES string of the molecule is CC(=O)N/N=C/c1ccc(OC(=O)c2ccc(Br)cc2)cc1. The van der Waals surface area contributed by atoms with Crippen molar-refractivity contribution in [2.75, 3.05) is 0 Å². The summed E-state index contributed by atoms with van der Waals surface area (Å²) in [5.74, 6) is -0.229. The summed E-state index contributed by atoms with van der Waals surface area (Å²) in [4.78, 5) is 22.6. The number of benzene rings is 2. The maximum absolute atomic E-state index is 11.9. The van der Waals surface area contributed by atoms with Crippen LogP contribution in [0.1, 0.15) is 22.8 Å². The van der Waals surface area contributed by atoms with E-state index in [1.807, 2.05) is 0 Å². The molecule has 0 heterocycles. The van der Waals surface area contributed by atoms with Crippen molar-refractivity contribution < 1.29 is 14.3 Å². The first kappa shape index (κ1) is 15.9. The number of carbonyl (C=O) groups excluding carboxylic acids is 2. The summed E-state index contributed by atoms with van der Waals surface area (Å²) in [6.45, 7) is 1.38. The molecule has 0 aliphatic rings. The molecule has 2 rings (SSSR count). The second kappa shape index (κ2) is 7.51. The van der Waals surface area contributed by atoms with Crippen molar-refractivity contribution in [1.82, 2.24) is 5.43 Å². The molecule has 0 aliphatic carbocycles. The monoisotopic (exact) mass is 360 g/mol. The highest BCUT2D eigenvalue weighted by atomic mass is 79.9. The highest BCUT2D eigenvalue weighted by molar-refractivity contribution is 9.10. The van der Waals surface area contributed by atoms with Gasteiger partial charge in [-0.25, -0.2) is 10.2 Å². The van der Waals surface area contributed by atoms with Crippen molar-refractivity contribution >= 4 is 34.0 Å². The minimum absolute atomic E-state index is 0.240. The Morgan fingerprint density at radius 1 is 1.09 bits per heavy atom. The van der Waals surface area contributed by atoms with E-state index in [0.717, 1.165) is 10.0 Å². The van der Waals surface area contributed by atoms with E-state index in [1.165, 1.54) is 13.1 Å². The Morgan fingerprint density at radius 3 is 2.32 bits per heavy atom. The van der Waals surface area contributed by atoms with Crippen LogP contribution in [-0.4, -0.2) is 18.1 Å². The second-order valence-electron chi connectivity index (χ2n) is 4.39. The van der Waals surface area contributed by atoms with Crippen molar-refractivity contribution in [3.8, 4) is 5.75 Å². The third-order valence-corrected chi connectivity index (χ3v) is 3.13. The molecule has 2 aromatic rings. The summed E-state index contributed by atoms with van der Waals surface area (Å²) >= 11 is 3.31. The van der Waals surface area contributed by atoms with Crippen LogP contribution in [0.2, 0.25) is 0 Å². The highest BCUT2D eigenvalue weighted by Crippen LogP contribution is 2.15. The van der Waals surface area contributed by atoms with Gasteiger partial charge in [-0.15, -0.1) is 0 Å². The lowest BCUT2D eigenvalue weighted by atomic mass is 10.2. The van der Waals surface area contributed by atoms with Gasteiger partial charge in [-0.3, -0.25) is 4.79 Å². The van der Waals surface area contributed by atoms with Crippen molar-refractivity contribution in [3.05, 3.63) is 64.1 Å². The molecule has 6 heteroatoms. The average Bonchev–Trinajstić information content (AvgIpc) is 2.49. The zero-order chi connectivity index (χ0) is 15.9. The molecule has 0 radical (unpaired) electrons. The number of nitrogens with one attached hydrogen (secondary N) is 1. The van der Waals surface area contributed by atoms with Crippen LogP contribution < -0.4 is 10.2 Å². The molecule has 0 fully saturated rings. The third-order valence-electron chi connectivity index (χ3n) is 2.61. The second-order valence-corrected chi connectivity index (χ2v) is 5.31. The van der Waals surface area contributed by atoms with Gasteiger partial charge in [0.15, 0.2) is 0 Å². The number of nitrogens with zero attached hydrogens (tertiary/aromatic N) is 1. The minimum Gasteiger partial charge on any atom is -0.423 e. The maximum atomic E-state index is 11.9. The molecule has 0 unspecified atom stereocenters. The highest BCUT2D eigenvalue weighted by Gasteiger charge is 2.08. The summed E-state index contributed by atoms with van der Waals surface area (Å²) in [5.41, 5.74) is 3.56. The van der Waals surface area contributed by atoms with Gasteiger partial charge in [0.05, 0.1) is 11.8 Å². The standard InChI is InChI=1S/C16H13BrN2O3/c1-11(20)19-18-10-12-2-8-15(9-3-12)22-16(21)13-4-6-14(17)7-5-13/h2-10H,1H3,(H,19,20)/b18-10+. The number of hydrazone groups is 1. The fourth-order valence-electron chi connectivity index (χ4n) is 1.57. The van der Waals surface area contributed by atoms with Crippen molar-refractivity contribution in [1.29, 1.82) is 0 Å². The van der Waals surface area contributed by atoms with Crippen LogP contribution in [0.25, 0.3) is 0 Å². The largest absolute Gasteiger partial charge is 0.423 e. The molecule has 0 spiro atoms. The average molecular weight is 361 g/mol. The Labute approximate surface area is 136 Å². The number of esters is 1. The predicted octanol–water partition coefficient (Wildman–Crippen LogP) is 3.14. The van der Waals surface area contributed by atoms with E-state index in [-0.39, 0.29) is 5.91 Å². The van der Waals surface area contributed by atoms with Gasteiger partial charge in [-0.05, 0) is 54.1 Å². The Bertz CT molecular complexity index is 694. The Hall–Kier alpha value is -2.47. The number of hydrogen-bond donors (Lipinski definition) is 1. The van der Waals surface area contributed by atoms with Crippen molar-refractivity contribution in [2.24, 2.45) is 5.10 Å². The molecule has 22 heavy (non-hydrogen) atoms. The van der Waals surface area contributed by atoms with Crippen LogP contribution in [0, 0.1) is 0 Å². The van der Waals surface area contributed by atoms with E-state index in [1.54, 1.807) is 48.5 Å². The summed E-state index contributed by atoms with van der Waals surface area (Å²) in [6.07, 6.45) is 1.50. The van der Waals surface area contributed by atoms with E-state index in [4.69, 9.17) is 4.74 Å². The lowest BCUT2D eigenvalue weighted by Gasteiger charge is -2.04. The zero-order valence-corrected chi connectivity index (χ0v) is 13.3. The smallest absolute Gasteiger partial charge is 0.343 e. The fourth-order valence-corrected chi connectivity index (χ4v) is 1.84. The summed E-state index contributed by atoms with van der Waals surface area (Å²) in [7, 11) is 0. The van der Waals surface area contributed by atoms with Crippen LogP contribution >= 0.6 is 15.9 Å². The normalized spacial score (nSPS) is 10.5. The lowest BCUT2D eigenvalue weighted by molar-refractivity contribution is -0.118. The molecule has 2 aromatic carbocycles. The number of carbonyl (C=O) groups is 2. The van der Waals surface area contributed by atoms with Gasteiger partial charge < -0.3 is 4.74 Å². The summed E-state index contributed by atoms with van der Waals surface area (Å²) in [5, 5.41) is 3.75. The van der Waals surface area contributed by atoms with Crippen LogP contribution in [-0.2, 0) is 4.79 Å². The molecular formula is C16H13BrN2O3. The van der Waals surface area contributed by atoms with Crippen LogP contribution in [0.5, 0.6) is 5.75 Å². The van der Waals surface area contributed by atoms with Crippen LogP contribution in [0.15, 0.2) is 58.1 Å². The molecule has 0 aliphatic heterocycles. The van der Waals surface area contributed by atoms with Gasteiger partial charge in [0, 0.05) is 11.4 Å².